The summed E-state index contributed by atoms with van der Waals surface area (Å²) in [5, 5.41) is 3.64. The third-order valence-corrected chi connectivity index (χ3v) is 31.6. The molecule has 0 fully saturated rings. The van der Waals surface area contributed by atoms with Gasteiger partial charge in [-0.2, -0.15) is 0 Å². The van der Waals surface area contributed by atoms with Crippen molar-refractivity contribution < 1.29 is 48.0 Å². The zero-order valence-electron chi connectivity index (χ0n) is 20.5. The molecule has 4 aromatic carbocycles. The summed E-state index contributed by atoms with van der Waals surface area (Å²) in [6.07, 6.45) is 0. The molecule has 5 heteroatoms. The van der Waals surface area contributed by atoms with Crippen molar-refractivity contribution >= 4 is 25.6 Å². The number of rotatable bonds is 2. The van der Waals surface area contributed by atoms with Gasteiger partial charge < -0.3 is 24.8 Å². The topological polar surface area (TPSA) is 0 Å². The van der Waals surface area contributed by atoms with Crippen LogP contribution < -0.4 is 35.2 Å². The number of fused-ring (bicyclic) bond motifs is 8. The van der Waals surface area contributed by atoms with Gasteiger partial charge in [-0.15, -0.1) is 0 Å². The molecular weight excluding hydrogens is 579 g/mol. The Balaban J connectivity index is 0.00000127. The average Bonchev–Trinajstić information content (AvgIpc) is 3.32. The number of halogens is 2. The predicted octanol–water partition coefficient (Wildman–Crippen LogP) is 0.540. The molecular formula is C30H28Cl2Si2Zr. The second-order valence-electron chi connectivity index (χ2n) is 11.0. The van der Waals surface area contributed by atoms with Gasteiger partial charge in [0.05, 0.1) is 0 Å². The van der Waals surface area contributed by atoms with E-state index in [0.29, 0.717) is 7.25 Å². The first-order chi connectivity index (χ1) is 15.9. The van der Waals surface area contributed by atoms with Gasteiger partial charge >= 0.3 is 212 Å². The molecule has 7 rings (SSSR count). The number of hydrogen-bond donors (Lipinski definition) is 0. The predicted molar refractivity (Wildman–Crippen MR) is 142 cm³/mol. The van der Waals surface area contributed by atoms with E-state index in [1.54, 1.807) is 33.0 Å². The molecule has 174 valence electrons. The molecule has 35 heavy (non-hydrogen) atoms. The quantitative estimate of drug-likeness (QED) is 0.293. The molecule has 0 saturated heterocycles. The third-order valence-electron chi connectivity index (χ3n) is 9.12. The van der Waals surface area contributed by atoms with Gasteiger partial charge in [-0.25, -0.2) is 0 Å². The van der Waals surface area contributed by atoms with Gasteiger partial charge in [-0.1, -0.05) is 0 Å². The van der Waals surface area contributed by atoms with E-state index < -0.39 is 38.4 Å². The Labute approximate surface area is 234 Å². The van der Waals surface area contributed by atoms with Crippen LogP contribution in [0.25, 0.3) is 22.3 Å². The Morgan fingerprint density at radius 2 is 0.971 bits per heavy atom. The molecule has 1 atom stereocenters. The molecule has 0 amide bonds. The zero-order chi connectivity index (χ0) is 22.5. The summed E-state index contributed by atoms with van der Waals surface area (Å²) in [7, 11) is -2.65. The van der Waals surface area contributed by atoms with Crippen molar-refractivity contribution in [2.45, 2.75) is 33.4 Å². The van der Waals surface area contributed by atoms with E-state index in [-0.39, 0.29) is 24.8 Å². The molecule has 0 radical (unpaired) electrons. The fourth-order valence-electron chi connectivity index (χ4n) is 6.76. The largest absolute Gasteiger partial charge is 1.00 e. The molecule has 0 saturated carbocycles. The fourth-order valence-corrected chi connectivity index (χ4v) is 22.9. The molecule has 0 spiro atoms. The van der Waals surface area contributed by atoms with Crippen LogP contribution in [0.5, 0.6) is 0 Å². The van der Waals surface area contributed by atoms with Gasteiger partial charge in [0.15, 0.2) is 0 Å². The van der Waals surface area contributed by atoms with Crippen LogP contribution in [0.2, 0.25) is 26.2 Å². The van der Waals surface area contributed by atoms with Gasteiger partial charge in [-0.3, -0.25) is 0 Å². The zero-order valence-corrected chi connectivity index (χ0v) is 26.5. The average molecular weight is 607 g/mol. The smallest absolute Gasteiger partial charge is 1.00 e. The second-order valence-corrected chi connectivity index (χ2v) is 29.7. The fraction of sp³-hybridized carbons (Fsp3) is 0.200. The van der Waals surface area contributed by atoms with Crippen LogP contribution >= 0.6 is 0 Å². The molecule has 2 aliphatic carbocycles. The first kappa shape index (κ1) is 25.4. The molecule has 1 unspecified atom stereocenters. The SMILES string of the molecule is C[Si]1(C)c2ccc3c(c2[Si]1(C)C)[CH]([Zr+2][CH]1c2ccccc2-c2ccccc21)c1ccccc1-3.[Cl-].[Cl-]. The van der Waals surface area contributed by atoms with E-state index in [0.717, 1.165) is 0 Å². The van der Waals surface area contributed by atoms with E-state index in [4.69, 9.17) is 0 Å². The monoisotopic (exact) mass is 604 g/mol. The van der Waals surface area contributed by atoms with E-state index in [9.17, 15) is 0 Å². The molecule has 4 aromatic rings. The maximum absolute atomic E-state index is 2.67. The van der Waals surface area contributed by atoms with Crippen molar-refractivity contribution in [2.75, 3.05) is 0 Å². The molecule has 0 nitrogen and oxygen atoms in total. The van der Waals surface area contributed by atoms with Crippen LogP contribution in [0.3, 0.4) is 0 Å². The second kappa shape index (κ2) is 8.67. The van der Waals surface area contributed by atoms with E-state index >= 15 is 0 Å². The molecule has 1 heterocycles. The van der Waals surface area contributed by atoms with Crippen LogP contribution in [-0.4, -0.2) is 15.2 Å². The first-order valence-corrected chi connectivity index (χ1v) is 22.0. The number of benzene rings is 4. The minimum atomic E-state index is -1.37. The standard InChI is InChI=1S/C17H19Si2.C13H9.2ClH.Zr/c1-18(2)16-10-9-14-13-8-6-5-7-12(13)11-15(14)17(16)19(18,3)4;1-3-7-12-10(5-1)9-11-6-2-4-8-13(11)12;;;/h5-11H,1-4H3;1-9H;2*1H;/q;;;;+2/p-2. The van der Waals surface area contributed by atoms with Crippen LogP contribution in [0.1, 0.15) is 29.5 Å². The van der Waals surface area contributed by atoms with Crippen molar-refractivity contribution in [1.82, 2.24) is 0 Å². The van der Waals surface area contributed by atoms with Crippen LogP contribution in [0.15, 0.2) is 84.9 Å². The number of hydrogen-bond acceptors (Lipinski definition) is 0. The van der Waals surface area contributed by atoms with Gasteiger partial charge in [0.25, 0.3) is 0 Å². The van der Waals surface area contributed by atoms with Crippen molar-refractivity contribution in [3.05, 3.63) is 107 Å². The van der Waals surface area contributed by atoms with Crippen LogP contribution in [0, 0.1) is 0 Å². The molecule has 0 bridgehead atoms. The summed E-state index contributed by atoms with van der Waals surface area (Å²) >= 11 is -0.899. The van der Waals surface area contributed by atoms with Crippen LogP contribution in [0.4, 0.5) is 0 Å². The summed E-state index contributed by atoms with van der Waals surface area (Å²) in [5.41, 5.74) is 12.7. The Morgan fingerprint density at radius 1 is 0.514 bits per heavy atom. The van der Waals surface area contributed by atoms with Crippen LogP contribution in [-0.2, 0) is 23.2 Å². The summed E-state index contributed by atoms with van der Waals surface area (Å²) < 4.78 is 1.30. The van der Waals surface area contributed by atoms with Gasteiger partial charge in [0, 0.05) is 0 Å². The minimum Gasteiger partial charge on any atom is -1.00 e. The van der Waals surface area contributed by atoms with E-state index in [1.807, 2.05) is 5.19 Å². The Bertz CT molecular complexity index is 1430. The Kier molecular flexibility index (Phi) is 6.30. The van der Waals surface area contributed by atoms with Gasteiger partial charge in [0.2, 0.25) is 0 Å². The normalized spacial score (nSPS) is 18.9. The van der Waals surface area contributed by atoms with E-state index in [2.05, 4.69) is 111 Å². The Hall–Kier alpha value is -1.22. The molecule has 0 N–H and O–H groups in total. The summed E-state index contributed by atoms with van der Waals surface area (Å²) in [6, 6.07) is 32.9. The van der Waals surface area contributed by atoms with Gasteiger partial charge in [-0.05, 0) is 0 Å². The molecule has 1 aliphatic heterocycles. The third kappa shape index (κ3) is 3.25. The summed E-state index contributed by atoms with van der Waals surface area (Å²) in [4.78, 5) is 0. The van der Waals surface area contributed by atoms with Crippen molar-refractivity contribution in [3.8, 4) is 22.3 Å². The molecule has 3 aliphatic rings. The summed E-state index contributed by atoms with van der Waals surface area (Å²) in [6.45, 7) is 10.6. The van der Waals surface area contributed by atoms with Crippen molar-refractivity contribution in [1.29, 1.82) is 0 Å². The maximum atomic E-state index is 2.67. The van der Waals surface area contributed by atoms with Crippen molar-refractivity contribution in [2.24, 2.45) is 0 Å². The van der Waals surface area contributed by atoms with Crippen molar-refractivity contribution in [3.63, 3.8) is 0 Å². The molecule has 0 aromatic heterocycles. The summed E-state index contributed by atoms with van der Waals surface area (Å²) in [5.74, 6) is 0. The van der Waals surface area contributed by atoms with Gasteiger partial charge in [0.1, 0.15) is 0 Å². The maximum Gasteiger partial charge on any atom is -1.00 e. The first-order valence-electron chi connectivity index (χ1n) is 12.1. The Morgan fingerprint density at radius 3 is 1.51 bits per heavy atom. The van der Waals surface area contributed by atoms with E-state index in [1.165, 1.54) is 16.7 Å². The minimum absolute atomic E-state index is 0.